The number of aromatic hydroxyl groups is 1. The predicted octanol–water partition coefficient (Wildman–Crippen LogP) is 3.14. The highest BCUT2D eigenvalue weighted by Gasteiger charge is 2.16. The van der Waals surface area contributed by atoms with Crippen molar-refractivity contribution in [1.29, 1.82) is 0 Å². The number of aromatic nitrogens is 1. The molecule has 0 atom stereocenters. The average molecular weight is 357 g/mol. The number of rotatable bonds is 3. The maximum Gasteiger partial charge on any atom is 0.255 e. The molecule has 3 rings (SSSR count). The lowest BCUT2D eigenvalue weighted by atomic mass is 10.1. The van der Waals surface area contributed by atoms with Crippen LogP contribution in [0.4, 0.5) is 0 Å². The molecule has 25 heavy (non-hydrogen) atoms. The molecule has 6 heteroatoms. The average Bonchev–Trinajstić information content (AvgIpc) is 2.60. The summed E-state index contributed by atoms with van der Waals surface area (Å²) in [5.41, 5.74) is 2.01. The molecule has 0 radical (unpaired) electrons. The van der Waals surface area contributed by atoms with E-state index in [1.165, 1.54) is 10.6 Å². The molecule has 0 saturated carbocycles. The lowest BCUT2D eigenvalue weighted by molar-refractivity contribution is 0.0948. The Bertz CT molecular complexity index is 1020. The number of halogens is 1. The van der Waals surface area contributed by atoms with Gasteiger partial charge in [0, 0.05) is 29.6 Å². The van der Waals surface area contributed by atoms with Crippen LogP contribution >= 0.6 is 11.6 Å². The Balaban J connectivity index is 1.91. The zero-order valence-corrected chi connectivity index (χ0v) is 14.6. The highest BCUT2D eigenvalue weighted by molar-refractivity contribution is 6.30. The zero-order valence-electron chi connectivity index (χ0n) is 13.8. The Morgan fingerprint density at radius 2 is 1.88 bits per heavy atom. The highest BCUT2D eigenvalue weighted by atomic mass is 35.5. The molecule has 128 valence electrons. The van der Waals surface area contributed by atoms with Crippen molar-refractivity contribution in [1.82, 2.24) is 9.88 Å². The third-order valence-electron chi connectivity index (χ3n) is 4.17. The van der Waals surface area contributed by atoms with Crippen molar-refractivity contribution in [2.75, 3.05) is 0 Å². The van der Waals surface area contributed by atoms with Gasteiger partial charge in [-0.15, -0.1) is 0 Å². The quantitative estimate of drug-likeness (QED) is 0.757. The number of carbonyl (C=O) groups is 1. The van der Waals surface area contributed by atoms with Crippen molar-refractivity contribution in [3.8, 4) is 5.75 Å². The van der Waals surface area contributed by atoms with Crippen molar-refractivity contribution in [3.05, 3.63) is 74.5 Å². The van der Waals surface area contributed by atoms with Crippen LogP contribution in [0.2, 0.25) is 5.02 Å². The Morgan fingerprint density at radius 3 is 2.56 bits per heavy atom. The van der Waals surface area contributed by atoms with E-state index in [0.29, 0.717) is 28.0 Å². The number of nitrogens with one attached hydrogen (secondary N) is 1. The van der Waals surface area contributed by atoms with Crippen LogP contribution in [-0.2, 0) is 13.6 Å². The van der Waals surface area contributed by atoms with E-state index in [-0.39, 0.29) is 22.8 Å². The van der Waals surface area contributed by atoms with Gasteiger partial charge in [-0.25, -0.2) is 0 Å². The molecule has 1 aromatic heterocycles. The summed E-state index contributed by atoms with van der Waals surface area (Å²) in [7, 11) is 1.64. The highest BCUT2D eigenvalue weighted by Crippen LogP contribution is 2.28. The molecule has 3 aromatic rings. The van der Waals surface area contributed by atoms with Crippen LogP contribution in [0, 0.1) is 6.92 Å². The molecule has 1 amide bonds. The summed E-state index contributed by atoms with van der Waals surface area (Å²) in [6.45, 7) is 1.99. The Kier molecular flexibility index (Phi) is 4.51. The van der Waals surface area contributed by atoms with Crippen LogP contribution in [0.25, 0.3) is 10.9 Å². The van der Waals surface area contributed by atoms with Crippen LogP contribution in [0.1, 0.15) is 21.5 Å². The summed E-state index contributed by atoms with van der Waals surface area (Å²) < 4.78 is 1.46. The number of hydrogen-bond donors (Lipinski definition) is 2. The minimum Gasteiger partial charge on any atom is -0.506 e. The van der Waals surface area contributed by atoms with Crippen molar-refractivity contribution in [2.45, 2.75) is 13.5 Å². The summed E-state index contributed by atoms with van der Waals surface area (Å²) >= 11 is 5.84. The zero-order chi connectivity index (χ0) is 18.1. The van der Waals surface area contributed by atoms with Crippen LogP contribution in [-0.4, -0.2) is 15.6 Å². The maximum atomic E-state index is 12.4. The number of fused-ring (bicyclic) bond motifs is 1. The molecule has 0 aliphatic rings. The van der Waals surface area contributed by atoms with E-state index < -0.39 is 0 Å². The van der Waals surface area contributed by atoms with Gasteiger partial charge in [0.1, 0.15) is 5.75 Å². The fourth-order valence-electron chi connectivity index (χ4n) is 2.75. The van der Waals surface area contributed by atoms with E-state index in [4.69, 9.17) is 11.6 Å². The van der Waals surface area contributed by atoms with Crippen molar-refractivity contribution >= 4 is 28.4 Å². The summed E-state index contributed by atoms with van der Waals surface area (Å²) in [6.07, 6.45) is 0. The largest absolute Gasteiger partial charge is 0.506 e. The summed E-state index contributed by atoms with van der Waals surface area (Å²) in [6, 6.07) is 11.9. The first-order chi connectivity index (χ1) is 11.9. The topological polar surface area (TPSA) is 71.3 Å². The predicted molar refractivity (Wildman–Crippen MR) is 98.2 cm³/mol. The molecule has 0 spiro atoms. The van der Waals surface area contributed by atoms with Crippen LogP contribution in [0.5, 0.6) is 5.75 Å². The van der Waals surface area contributed by atoms with Gasteiger partial charge < -0.3 is 15.0 Å². The van der Waals surface area contributed by atoms with Gasteiger partial charge in [0.2, 0.25) is 0 Å². The third kappa shape index (κ3) is 3.23. The molecule has 2 N–H and O–H groups in total. The van der Waals surface area contributed by atoms with Gasteiger partial charge in [-0.1, -0.05) is 23.7 Å². The van der Waals surface area contributed by atoms with Crippen LogP contribution < -0.4 is 10.9 Å². The second-order valence-corrected chi connectivity index (χ2v) is 6.33. The standard InChI is InChI=1S/C19H17ClN2O3/c1-11-9-15-16(22(2)19(11)25)8-7-14(17(15)23)18(24)21-10-12-3-5-13(20)6-4-12/h3-9,23H,10H2,1-2H3,(H,21,24). The number of amides is 1. The van der Waals surface area contributed by atoms with E-state index in [2.05, 4.69) is 5.32 Å². The second-order valence-electron chi connectivity index (χ2n) is 5.90. The fraction of sp³-hybridized carbons (Fsp3) is 0.158. The maximum absolute atomic E-state index is 12.4. The Labute approximate surface area is 149 Å². The van der Waals surface area contributed by atoms with Crippen molar-refractivity contribution in [3.63, 3.8) is 0 Å². The third-order valence-corrected chi connectivity index (χ3v) is 4.42. The van der Waals surface area contributed by atoms with Gasteiger partial charge in [0.15, 0.2) is 0 Å². The number of nitrogens with zero attached hydrogens (tertiary/aromatic N) is 1. The molecule has 0 saturated heterocycles. The van der Waals surface area contributed by atoms with E-state index >= 15 is 0 Å². The molecule has 0 fully saturated rings. The molecular formula is C19H17ClN2O3. The van der Waals surface area contributed by atoms with Crippen molar-refractivity contribution < 1.29 is 9.90 Å². The first kappa shape index (κ1) is 17.0. The van der Waals surface area contributed by atoms with Gasteiger partial charge in [-0.2, -0.15) is 0 Å². The lowest BCUT2D eigenvalue weighted by Gasteiger charge is -2.12. The number of benzene rings is 2. The number of carbonyl (C=O) groups excluding carboxylic acids is 1. The van der Waals surface area contributed by atoms with E-state index in [9.17, 15) is 14.7 Å². The molecule has 0 aliphatic heterocycles. The Morgan fingerprint density at radius 1 is 1.20 bits per heavy atom. The normalized spacial score (nSPS) is 10.8. The summed E-state index contributed by atoms with van der Waals surface area (Å²) in [5, 5.41) is 14.4. The number of hydrogen-bond acceptors (Lipinski definition) is 3. The molecule has 0 unspecified atom stereocenters. The van der Waals surface area contributed by atoms with E-state index in [1.54, 1.807) is 38.2 Å². The van der Waals surface area contributed by atoms with E-state index in [1.807, 2.05) is 12.1 Å². The SMILES string of the molecule is Cc1cc2c(O)c(C(=O)NCc3ccc(Cl)cc3)ccc2n(C)c1=O. The van der Waals surface area contributed by atoms with Gasteiger partial charge in [-0.3, -0.25) is 9.59 Å². The smallest absolute Gasteiger partial charge is 0.255 e. The minimum absolute atomic E-state index is 0.133. The molecule has 5 nitrogen and oxygen atoms in total. The van der Waals surface area contributed by atoms with Crippen molar-refractivity contribution in [2.24, 2.45) is 7.05 Å². The van der Waals surface area contributed by atoms with E-state index in [0.717, 1.165) is 5.56 Å². The fourth-order valence-corrected chi connectivity index (χ4v) is 2.87. The van der Waals surface area contributed by atoms with Crippen LogP contribution in [0.15, 0.2) is 47.3 Å². The minimum atomic E-state index is -0.388. The van der Waals surface area contributed by atoms with Gasteiger partial charge in [-0.05, 0) is 42.8 Å². The number of phenols is 1. The summed E-state index contributed by atoms with van der Waals surface area (Å²) in [4.78, 5) is 24.4. The molecular weight excluding hydrogens is 340 g/mol. The van der Waals surface area contributed by atoms with Gasteiger partial charge in [0.05, 0.1) is 11.1 Å². The first-order valence-electron chi connectivity index (χ1n) is 7.73. The summed E-state index contributed by atoms with van der Waals surface area (Å²) in [5.74, 6) is -0.523. The molecule has 2 aromatic carbocycles. The first-order valence-corrected chi connectivity index (χ1v) is 8.11. The number of aryl methyl sites for hydroxylation is 2. The number of phenolic OH excluding ortho intramolecular Hbond substituents is 1. The molecule has 0 bridgehead atoms. The lowest BCUT2D eigenvalue weighted by Crippen LogP contribution is -2.23. The number of pyridine rings is 1. The molecule has 0 aliphatic carbocycles. The monoisotopic (exact) mass is 356 g/mol. The van der Waals surface area contributed by atoms with Gasteiger partial charge in [0.25, 0.3) is 11.5 Å². The molecule has 1 heterocycles. The van der Waals surface area contributed by atoms with Crippen LogP contribution in [0.3, 0.4) is 0 Å². The van der Waals surface area contributed by atoms with Gasteiger partial charge >= 0.3 is 0 Å². The Hall–Kier alpha value is -2.79. The second kappa shape index (κ2) is 6.61.